The fourth-order valence-corrected chi connectivity index (χ4v) is 3.11. The van der Waals surface area contributed by atoms with Gasteiger partial charge < -0.3 is 15.0 Å². The Morgan fingerprint density at radius 2 is 2.04 bits per heavy atom. The first-order valence-corrected chi connectivity index (χ1v) is 9.00. The molecule has 1 aliphatic heterocycles. The molecular formula is C18H28ClN3O. The number of nitrogens with one attached hydrogen (secondary N) is 1. The standard InChI is InChI=1S/C18H28ClN3O/c1-3-20-18(22-13-10-16(11-14-22)23-4-2)21-12-9-15-7-5-6-8-17(15)19/h5-8,16H,3-4,9-14H2,1-2H3,(H,20,21). The van der Waals surface area contributed by atoms with Crippen LogP contribution < -0.4 is 5.32 Å². The highest BCUT2D eigenvalue weighted by molar-refractivity contribution is 6.31. The molecule has 1 aliphatic rings. The van der Waals surface area contributed by atoms with Crippen LogP contribution in [0.25, 0.3) is 0 Å². The maximum absolute atomic E-state index is 6.21. The van der Waals surface area contributed by atoms with E-state index in [1.54, 1.807) is 0 Å². The summed E-state index contributed by atoms with van der Waals surface area (Å²) in [5.74, 6) is 1.01. The van der Waals surface area contributed by atoms with Crippen molar-refractivity contribution in [3.63, 3.8) is 0 Å². The van der Waals surface area contributed by atoms with Gasteiger partial charge in [0, 0.05) is 37.8 Å². The SMILES string of the molecule is CCNC(=NCCc1ccccc1Cl)N1CCC(OCC)CC1. The van der Waals surface area contributed by atoms with Crippen LogP contribution in [-0.2, 0) is 11.2 Å². The highest BCUT2D eigenvalue weighted by Crippen LogP contribution is 2.16. The average Bonchev–Trinajstić information content (AvgIpc) is 2.57. The minimum atomic E-state index is 0.405. The first kappa shape index (κ1) is 18.1. The molecule has 0 unspecified atom stereocenters. The molecule has 0 atom stereocenters. The second-order valence-corrected chi connectivity index (χ2v) is 6.13. The molecule has 1 fully saturated rings. The third-order valence-corrected chi connectivity index (χ3v) is 4.45. The zero-order chi connectivity index (χ0) is 16.5. The molecule has 0 radical (unpaired) electrons. The molecule has 5 heteroatoms. The van der Waals surface area contributed by atoms with Crippen molar-refractivity contribution in [2.75, 3.05) is 32.8 Å². The number of halogens is 1. The molecule has 1 aromatic carbocycles. The van der Waals surface area contributed by atoms with Gasteiger partial charge in [0.15, 0.2) is 5.96 Å². The highest BCUT2D eigenvalue weighted by atomic mass is 35.5. The zero-order valence-electron chi connectivity index (χ0n) is 14.2. The molecule has 2 rings (SSSR count). The quantitative estimate of drug-likeness (QED) is 0.639. The number of piperidine rings is 1. The van der Waals surface area contributed by atoms with E-state index in [1.807, 2.05) is 18.2 Å². The zero-order valence-corrected chi connectivity index (χ0v) is 15.0. The summed E-state index contributed by atoms with van der Waals surface area (Å²) >= 11 is 6.21. The number of aliphatic imine (C=N–C) groups is 1. The number of likely N-dealkylation sites (tertiary alicyclic amines) is 1. The topological polar surface area (TPSA) is 36.9 Å². The van der Waals surface area contributed by atoms with E-state index in [0.29, 0.717) is 6.10 Å². The summed E-state index contributed by atoms with van der Waals surface area (Å²) in [4.78, 5) is 7.12. The number of hydrogen-bond donors (Lipinski definition) is 1. The minimum Gasteiger partial charge on any atom is -0.378 e. The lowest BCUT2D eigenvalue weighted by Crippen LogP contribution is -2.47. The van der Waals surface area contributed by atoms with Gasteiger partial charge in [0.25, 0.3) is 0 Å². The van der Waals surface area contributed by atoms with Crippen LogP contribution in [0.4, 0.5) is 0 Å². The molecule has 128 valence electrons. The van der Waals surface area contributed by atoms with Gasteiger partial charge in [-0.1, -0.05) is 29.8 Å². The molecule has 1 aromatic rings. The number of rotatable bonds is 6. The molecule has 4 nitrogen and oxygen atoms in total. The Balaban J connectivity index is 1.89. The molecule has 1 heterocycles. The second kappa shape index (κ2) is 9.78. The van der Waals surface area contributed by atoms with Crippen molar-refractivity contribution >= 4 is 17.6 Å². The molecule has 0 bridgehead atoms. The van der Waals surface area contributed by atoms with E-state index in [2.05, 4.69) is 30.1 Å². The number of nitrogens with zero attached hydrogens (tertiary/aromatic N) is 2. The molecular weight excluding hydrogens is 310 g/mol. The monoisotopic (exact) mass is 337 g/mol. The van der Waals surface area contributed by atoms with Crippen LogP contribution in [0, 0.1) is 0 Å². The first-order chi connectivity index (χ1) is 11.2. The Labute approximate surface area is 144 Å². The summed E-state index contributed by atoms with van der Waals surface area (Å²) < 4.78 is 5.72. The summed E-state index contributed by atoms with van der Waals surface area (Å²) in [6.45, 7) is 8.61. The largest absolute Gasteiger partial charge is 0.378 e. The maximum atomic E-state index is 6.21. The van der Waals surface area contributed by atoms with Crippen LogP contribution >= 0.6 is 11.6 Å². The van der Waals surface area contributed by atoms with E-state index < -0.39 is 0 Å². The fraction of sp³-hybridized carbons (Fsp3) is 0.611. The number of guanidine groups is 1. The maximum Gasteiger partial charge on any atom is 0.193 e. The van der Waals surface area contributed by atoms with Crippen molar-refractivity contribution in [3.05, 3.63) is 34.9 Å². The Hall–Kier alpha value is -1.26. The van der Waals surface area contributed by atoms with Crippen LogP contribution in [0.2, 0.25) is 5.02 Å². The van der Waals surface area contributed by atoms with Gasteiger partial charge in [-0.25, -0.2) is 0 Å². The lowest BCUT2D eigenvalue weighted by Gasteiger charge is -2.34. The summed E-state index contributed by atoms with van der Waals surface area (Å²) in [7, 11) is 0. The van der Waals surface area contributed by atoms with Gasteiger partial charge >= 0.3 is 0 Å². The highest BCUT2D eigenvalue weighted by Gasteiger charge is 2.21. The molecule has 23 heavy (non-hydrogen) atoms. The number of hydrogen-bond acceptors (Lipinski definition) is 2. The van der Waals surface area contributed by atoms with Gasteiger partial charge in [-0.2, -0.15) is 0 Å². The van der Waals surface area contributed by atoms with Crippen LogP contribution in [-0.4, -0.2) is 49.7 Å². The lowest BCUT2D eigenvalue weighted by atomic mass is 10.1. The van der Waals surface area contributed by atoms with E-state index >= 15 is 0 Å². The third-order valence-electron chi connectivity index (χ3n) is 4.08. The minimum absolute atomic E-state index is 0.405. The second-order valence-electron chi connectivity index (χ2n) is 5.72. The predicted octanol–water partition coefficient (Wildman–Crippen LogP) is 3.35. The third kappa shape index (κ3) is 5.70. The van der Waals surface area contributed by atoms with Gasteiger partial charge in [-0.05, 0) is 44.7 Å². The van der Waals surface area contributed by atoms with Crippen LogP contribution in [0.3, 0.4) is 0 Å². The molecule has 0 saturated carbocycles. The summed E-state index contributed by atoms with van der Waals surface area (Å²) in [6.07, 6.45) is 3.41. The van der Waals surface area contributed by atoms with E-state index in [-0.39, 0.29) is 0 Å². The molecule has 0 amide bonds. The van der Waals surface area contributed by atoms with Crippen molar-refractivity contribution in [3.8, 4) is 0 Å². The van der Waals surface area contributed by atoms with Gasteiger partial charge in [0.1, 0.15) is 0 Å². The average molecular weight is 338 g/mol. The van der Waals surface area contributed by atoms with Crippen molar-refractivity contribution < 1.29 is 4.74 Å². The van der Waals surface area contributed by atoms with Crippen LogP contribution in [0.5, 0.6) is 0 Å². The Bertz CT molecular complexity index is 499. The molecule has 0 aliphatic carbocycles. The van der Waals surface area contributed by atoms with E-state index in [4.69, 9.17) is 21.3 Å². The van der Waals surface area contributed by atoms with Gasteiger partial charge in [0.05, 0.1) is 6.10 Å². The van der Waals surface area contributed by atoms with Gasteiger partial charge in [-0.3, -0.25) is 4.99 Å². The van der Waals surface area contributed by atoms with Crippen molar-refractivity contribution in [2.45, 2.75) is 39.2 Å². The van der Waals surface area contributed by atoms with Gasteiger partial charge in [0.2, 0.25) is 0 Å². The molecule has 1 N–H and O–H groups in total. The molecule has 0 spiro atoms. The Morgan fingerprint density at radius 1 is 1.30 bits per heavy atom. The molecule has 1 saturated heterocycles. The summed E-state index contributed by atoms with van der Waals surface area (Å²) in [5, 5.41) is 4.23. The smallest absolute Gasteiger partial charge is 0.193 e. The van der Waals surface area contributed by atoms with Crippen LogP contribution in [0.15, 0.2) is 29.3 Å². The lowest BCUT2D eigenvalue weighted by molar-refractivity contribution is 0.0264. The summed E-state index contributed by atoms with van der Waals surface area (Å²) in [6, 6.07) is 7.99. The summed E-state index contributed by atoms with van der Waals surface area (Å²) in [5.41, 5.74) is 1.16. The number of ether oxygens (including phenoxy) is 1. The van der Waals surface area contributed by atoms with Crippen LogP contribution in [0.1, 0.15) is 32.3 Å². The van der Waals surface area contributed by atoms with Crippen molar-refractivity contribution in [2.24, 2.45) is 4.99 Å². The van der Waals surface area contributed by atoms with E-state index in [1.165, 1.54) is 0 Å². The fourth-order valence-electron chi connectivity index (χ4n) is 2.88. The Morgan fingerprint density at radius 3 is 2.70 bits per heavy atom. The molecule has 0 aromatic heterocycles. The first-order valence-electron chi connectivity index (χ1n) is 8.62. The predicted molar refractivity (Wildman–Crippen MR) is 97.4 cm³/mol. The normalized spacial score (nSPS) is 16.7. The van der Waals surface area contributed by atoms with E-state index in [9.17, 15) is 0 Å². The van der Waals surface area contributed by atoms with E-state index in [0.717, 1.165) is 68.6 Å². The van der Waals surface area contributed by atoms with Crippen molar-refractivity contribution in [1.82, 2.24) is 10.2 Å². The van der Waals surface area contributed by atoms with Gasteiger partial charge in [-0.15, -0.1) is 0 Å². The number of benzene rings is 1. The Kier molecular flexibility index (Phi) is 7.69. The van der Waals surface area contributed by atoms with Crippen molar-refractivity contribution in [1.29, 1.82) is 0 Å².